The average Bonchev–Trinajstić information content (AvgIpc) is 2.68. The van der Waals surface area contributed by atoms with Gasteiger partial charge < -0.3 is 5.32 Å². The lowest BCUT2D eigenvalue weighted by Crippen LogP contribution is -2.28. The largest absolute Gasteiger partial charge is 0.416 e. The van der Waals surface area contributed by atoms with Gasteiger partial charge in [0.25, 0.3) is 0 Å². The Morgan fingerprint density at radius 1 is 1.20 bits per heavy atom. The van der Waals surface area contributed by atoms with Gasteiger partial charge in [-0.1, -0.05) is 25.7 Å². The summed E-state index contributed by atoms with van der Waals surface area (Å²) in [6.07, 6.45) is 4.81. The van der Waals surface area contributed by atoms with Crippen molar-refractivity contribution in [1.82, 2.24) is 10.3 Å². The molecular weight excluding hydrogens is 265 g/mol. The summed E-state index contributed by atoms with van der Waals surface area (Å²) in [7, 11) is 1.74. The van der Waals surface area contributed by atoms with E-state index in [0.717, 1.165) is 31.7 Å². The van der Waals surface area contributed by atoms with Gasteiger partial charge in [-0.3, -0.25) is 4.98 Å². The zero-order valence-electron chi connectivity index (χ0n) is 11.7. The molecule has 1 atom stereocenters. The molecule has 0 amide bonds. The molecule has 1 aliphatic carbocycles. The summed E-state index contributed by atoms with van der Waals surface area (Å²) in [5.74, 6) is 0.257. The average molecular weight is 286 g/mol. The van der Waals surface area contributed by atoms with Crippen molar-refractivity contribution in [2.75, 3.05) is 7.05 Å². The number of pyridine rings is 1. The zero-order chi connectivity index (χ0) is 14.6. The lowest BCUT2D eigenvalue weighted by Gasteiger charge is -2.28. The summed E-state index contributed by atoms with van der Waals surface area (Å²) < 4.78 is 39.4. The molecule has 1 N–H and O–H groups in total. The number of nitrogens with one attached hydrogen (secondary N) is 1. The van der Waals surface area contributed by atoms with Crippen molar-refractivity contribution in [3.05, 3.63) is 29.6 Å². The third-order valence-corrected chi connectivity index (χ3v) is 4.17. The molecule has 0 saturated heterocycles. The van der Waals surface area contributed by atoms with Crippen molar-refractivity contribution in [3.8, 4) is 0 Å². The second kappa shape index (κ2) is 6.57. The maximum Gasteiger partial charge on any atom is 0.416 e. The van der Waals surface area contributed by atoms with Crippen LogP contribution in [0.3, 0.4) is 0 Å². The van der Waals surface area contributed by atoms with Gasteiger partial charge in [-0.15, -0.1) is 0 Å². The first-order valence-corrected chi connectivity index (χ1v) is 7.22. The topological polar surface area (TPSA) is 24.9 Å². The molecule has 2 rings (SSSR count). The highest BCUT2D eigenvalue weighted by Gasteiger charge is 2.36. The summed E-state index contributed by atoms with van der Waals surface area (Å²) in [5.41, 5.74) is -0.273. The highest BCUT2D eigenvalue weighted by atomic mass is 19.4. The minimum Gasteiger partial charge on any atom is -0.313 e. The molecule has 2 nitrogen and oxygen atoms in total. The van der Waals surface area contributed by atoms with Gasteiger partial charge in [0.15, 0.2) is 0 Å². The van der Waals surface area contributed by atoms with E-state index in [-0.39, 0.29) is 17.5 Å². The molecule has 20 heavy (non-hydrogen) atoms. The molecule has 1 aromatic rings. The van der Waals surface area contributed by atoms with E-state index in [2.05, 4.69) is 10.3 Å². The molecule has 0 aromatic carbocycles. The Kier molecular flexibility index (Phi) is 5.02. The minimum absolute atomic E-state index is 0.257. The third-order valence-electron chi connectivity index (χ3n) is 4.17. The van der Waals surface area contributed by atoms with E-state index in [1.807, 2.05) is 0 Å². The molecule has 1 fully saturated rings. The Morgan fingerprint density at radius 2 is 1.85 bits per heavy atom. The van der Waals surface area contributed by atoms with E-state index in [0.29, 0.717) is 0 Å². The number of nitrogens with zero attached hydrogens (tertiary/aromatic N) is 1. The van der Waals surface area contributed by atoms with E-state index in [1.165, 1.54) is 25.2 Å². The maximum atomic E-state index is 13.1. The molecular formula is C15H21F3N2. The fourth-order valence-corrected chi connectivity index (χ4v) is 3.20. The first-order valence-electron chi connectivity index (χ1n) is 7.22. The molecule has 112 valence electrons. The fourth-order valence-electron chi connectivity index (χ4n) is 3.20. The smallest absolute Gasteiger partial charge is 0.313 e. The normalized spacial score (nSPS) is 19.6. The summed E-state index contributed by atoms with van der Waals surface area (Å²) in [4.78, 5) is 3.91. The van der Waals surface area contributed by atoms with E-state index in [1.54, 1.807) is 7.05 Å². The van der Waals surface area contributed by atoms with Gasteiger partial charge >= 0.3 is 6.18 Å². The van der Waals surface area contributed by atoms with Crippen LogP contribution in [0, 0.1) is 5.92 Å². The van der Waals surface area contributed by atoms with Gasteiger partial charge in [-0.25, -0.2) is 0 Å². The van der Waals surface area contributed by atoms with Gasteiger partial charge in [0, 0.05) is 18.4 Å². The van der Waals surface area contributed by atoms with Crippen LogP contribution in [0.5, 0.6) is 0 Å². The van der Waals surface area contributed by atoms with Gasteiger partial charge in [0.1, 0.15) is 0 Å². The fraction of sp³-hybridized carbons (Fsp3) is 0.667. The monoisotopic (exact) mass is 286 g/mol. The molecule has 1 unspecified atom stereocenters. The molecule has 0 bridgehead atoms. The lowest BCUT2D eigenvalue weighted by molar-refractivity contribution is -0.138. The van der Waals surface area contributed by atoms with Crippen molar-refractivity contribution in [1.29, 1.82) is 0 Å². The van der Waals surface area contributed by atoms with Gasteiger partial charge in [0.05, 0.1) is 5.56 Å². The first kappa shape index (κ1) is 15.3. The lowest BCUT2D eigenvalue weighted by atomic mass is 9.86. The van der Waals surface area contributed by atoms with Crippen molar-refractivity contribution >= 4 is 0 Å². The Morgan fingerprint density at radius 3 is 2.40 bits per heavy atom. The van der Waals surface area contributed by atoms with Crippen LogP contribution in [0.2, 0.25) is 0 Å². The maximum absolute atomic E-state index is 13.1. The highest BCUT2D eigenvalue weighted by molar-refractivity contribution is 5.29. The summed E-state index contributed by atoms with van der Waals surface area (Å²) in [6, 6.07) is 0.814. The Hall–Kier alpha value is -1.10. The number of rotatable bonds is 3. The van der Waals surface area contributed by atoms with E-state index in [4.69, 9.17) is 0 Å². The SMILES string of the molecule is CNC(c1cnccc1C(F)(F)F)C1CCCCCC1. The zero-order valence-corrected chi connectivity index (χ0v) is 11.7. The summed E-state index contributed by atoms with van der Waals surface area (Å²) in [6.45, 7) is 0. The van der Waals surface area contributed by atoms with Crippen LogP contribution in [0.15, 0.2) is 18.5 Å². The van der Waals surface area contributed by atoms with Crippen LogP contribution >= 0.6 is 0 Å². The standard InChI is InChI=1S/C15H21F3N2/c1-19-14(11-6-4-2-3-5-7-11)12-10-20-9-8-13(12)15(16,17)18/h8-11,14,19H,2-7H2,1H3. The van der Waals surface area contributed by atoms with Crippen LogP contribution in [0.4, 0.5) is 13.2 Å². The van der Waals surface area contributed by atoms with Gasteiger partial charge in [-0.05, 0) is 37.4 Å². The molecule has 1 aliphatic rings. The molecule has 1 saturated carbocycles. The number of halogens is 3. The second-order valence-corrected chi connectivity index (χ2v) is 5.48. The van der Waals surface area contributed by atoms with E-state index in [9.17, 15) is 13.2 Å². The molecule has 5 heteroatoms. The van der Waals surface area contributed by atoms with Crippen molar-refractivity contribution in [3.63, 3.8) is 0 Å². The number of hydrogen-bond acceptors (Lipinski definition) is 2. The van der Waals surface area contributed by atoms with Crippen molar-refractivity contribution < 1.29 is 13.2 Å². The van der Waals surface area contributed by atoms with Crippen molar-refractivity contribution in [2.24, 2.45) is 5.92 Å². The van der Waals surface area contributed by atoms with Crippen LogP contribution in [0.1, 0.15) is 55.7 Å². The minimum atomic E-state index is -4.32. The van der Waals surface area contributed by atoms with E-state index < -0.39 is 11.7 Å². The van der Waals surface area contributed by atoms with Crippen LogP contribution in [0.25, 0.3) is 0 Å². The van der Waals surface area contributed by atoms with Gasteiger partial charge in [0.2, 0.25) is 0 Å². The Balaban J connectivity index is 2.31. The van der Waals surface area contributed by atoms with E-state index >= 15 is 0 Å². The number of alkyl halides is 3. The highest BCUT2D eigenvalue weighted by Crippen LogP contribution is 2.39. The first-order chi connectivity index (χ1) is 9.54. The second-order valence-electron chi connectivity index (χ2n) is 5.48. The Bertz CT molecular complexity index is 423. The summed E-state index contributed by atoms with van der Waals surface area (Å²) in [5, 5.41) is 3.09. The molecule has 0 aliphatic heterocycles. The quantitative estimate of drug-likeness (QED) is 0.836. The van der Waals surface area contributed by atoms with Crippen LogP contribution < -0.4 is 5.32 Å². The van der Waals surface area contributed by atoms with Crippen molar-refractivity contribution in [2.45, 2.75) is 50.7 Å². The van der Waals surface area contributed by atoms with Crippen LogP contribution in [-0.2, 0) is 6.18 Å². The number of aromatic nitrogens is 1. The molecule has 1 aromatic heterocycles. The third kappa shape index (κ3) is 3.51. The predicted molar refractivity (Wildman–Crippen MR) is 72.2 cm³/mol. The predicted octanol–water partition coefficient (Wildman–Crippen LogP) is 4.33. The van der Waals surface area contributed by atoms with Gasteiger partial charge in [-0.2, -0.15) is 13.2 Å². The summed E-state index contributed by atoms with van der Waals surface area (Å²) >= 11 is 0. The molecule has 0 spiro atoms. The number of hydrogen-bond donors (Lipinski definition) is 1. The molecule has 1 heterocycles. The molecule has 0 radical (unpaired) electrons. The Labute approximate surface area is 117 Å². The van der Waals surface area contributed by atoms with Crippen LogP contribution in [-0.4, -0.2) is 12.0 Å².